The molecule has 0 saturated heterocycles. The second-order valence-corrected chi connectivity index (χ2v) is 3.26. The van der Waals surface area contributed by atoms with Crippen molar-refractivity contribution >= 4 is 17.3 Å². The Morgan fingerprint density at radius 2 is 2.29 bits per heavy atom. The first-order valence-corrected chi connectivity index (χ1v) is 4.40. The van der Waals surface area contributed by atoms with Gasteiger partial charge in [-0.15, -0.1) is 0 Å². The molecule has 0 aliphatic carbocycles. The van der Waals surface area contributed by atoms with Gasteiger partial charge in [0.05, 0.1) is 19.3 Å². The highest BCUT2D eigenvalue weighted by atomic mass is 16.5. The van der Waals surface area contributed by atoms with Crippen molar-refractivity contribution in [3.05, 3.63) is 18.2 Å². The van der Waals surface area contributed by atoms with E-state index in [-0.39, 0.29) is 5.91 Å². The molecule has 0 aromatic heterocycles. The topological polar surface area (TPSA) is 41.6 Å². The number of amides is 1. The molecule has 14 heavy (non-hydrogen) atoms. The van der Waals surface area contributed by atoms with Gasteiger partial charge < -0.3 is 15.0 Å². The molecule has 1 N–H and O–H groups in total. The molecule has 74 valence electrons. The van der Waals surface area contributed by atoms with Crippen LogP contribution in [0.1, 0.15) is 0 Å². The first-order chi connectivity index (χ1) is 6.72. The van der Waals surface area contributed by atoms with Crippen molar-refractivity contribution in [3.63, 3.8) is 0 Å². The number of hydrogen-bond donors (Lipinski definition) is 1. The lowest BCUT2D eigenvalue weighted by atomic mass is 10.2. The monoisotopic (exact) mass is 192 g/mol. The van der Waals surface area contributed by atoms with Crippen LogP contribution in [0.2, 0.25) is 0 Å². The number of ether oxygens (including phenoxy) is 1. The summed E-state index contributed by atoms with van der Waals surface area (Å²) in [6, 6.07) is 5.70. The van der Waals surface area contributed by atoms with E-state index in [4.69, 9.17) is 4.74 Å². The lowest BCUT2D eigenvalue weighted by molar-refractivity contribution is -0.115. The Labute approximate surface area is 82.5 Å². The van der Waals surface area contributed by atoms with E-state index in [2.05, 4.69) is 5.32 Å². The number of carbonyl (C=O) groups excluding carboxylic acids is 1. The van der Waals surface area contributed by atoms with Crippen LogP contribution in [0.3, 0.4) is 0 Å². The van der Waals surface area contributed by atoms with Gasteiger partial charge in [0.2, 0.25) is 5.91 Å². The fraction of sp³-hybridized carbons (Fsp3) is 0.300. The van der Waals surface area contributed by atoms with Gasteiger partial charge in [-0.25, -0.2) is 0 Å². The molecule has 0 spiro atoms. The van der Waals surface area contributed by atoms with Crippen LogP contribution in [0, 0.1) is 0 Å². The number of para-hydroxylation sites is 1. The first kappa shape index (κ1) is 8.87. The molecule has 0 bridgehead atoms. The fourth-order valence-corrected chi connectivity index (χ4v) is 1.61. The molecular formula is C10H12N2O2. The van der Waals surface area contributed by atoms with Crippen molar-refractivity contribution in [2.45, 2.75) is 0 Å². The number of rotatable bonds is 1. The Bertz CT molecular complexity index is 376. The number of benzene rings is 1. The molecule has 1 aliphatic rings. The van der Waals surface area contributed by atoms with Gasteiger partial charge in [-0.2, -0.15) is 0 Å². The number of hydrogen-bond acceptors (Lipinski definition) is 3. The summed E-state index contributed by atoms with van der Waals surface area (Å²) < 4.78 is 5.17. The highest BCUT2D eigenvalue weighted by Crippen LogP contribution is 2.36. The normalized spacial score (nSPS) is 14.7. The van der Waals surface area contributed by atoms with E-state index in [1.165, 1.54) is 0 Å². The molecule has 1 heterocycles. The van der Waals surface area contributed by atoms with Gasteiger partial charge >= 0.3 is 0 Å². The van der Waals surface area contributed by atoms with Gasteiger partial charge in [0.1, 0.15) is 11.4 Å². The van der Waals surface area contributed by atoms with Crippen LogP contribution >= 0.6 is 0 Å². The molecule has 1 aromatic rings. The Morgan fingerprint density at radius 1 is 1.50 bits per heavy atom. The van der Waals surface area contributed by atoms with Gasteiger partial charge in [0.25, 0.3) is 0 Å². The summed E-state index contributed by atoms with van der Waals surface area (Å²) in [5.74, 6) is 0.687. The average molecular weight is 192 g/mol. The SMILES string of the molecule is COc1cccc2c1NC(=O)CN2C. The van der Waals surface area contributed by atoms with Crippen LogP contribution in [0.4, 0.5) is 11.4 Å². The van der Waals surface area contributed by atoms with Gasteiger partial charge in [-0.05, 0) is 12.1 Å². The summed E-state index contributed by atoms with van der Waals surface area (Å²) in [5.41, 5.74) is 1.75. The maximum absolute atomic E-state index is 11.3. The predicted octanol–water partition coefficient (Wildman–Crippen LogP) is 1.08. The number of anilines is 2. The molecule has 2 rings (SSSR count). The van der Waals surface area contributed by atoms with E-state index in [1.807, 2.05) is 30.1 Å². The molecule has 0 saturated carbocycles. The molecule has 4 nitrogen and oxygen atoms in total. The van der Waals surface area contributed by atoms with Gasteiger partial charge in [-0.3, -0.25) is 4.79 Å². The summed E-state index contributed by atoms with van der Waals surface area (Å²) in [4.78, 5) is 13.2. The van der Waals surface area contributed by atoms with E-state index in [1.54, 1.807) is 7.11 Å². The van der Waals surface area contributed by atoms with Gasteiger partial charge in [0, 0.05) is 7.05 Å². The Hall–Kier alpha value is -1.71. The zero-order chi connectivity index (χ0) is 10.1. The second kappa shape index (κ2) is 3.21. The van der Waals surface area contributed by atoms with Crippen LogP contribution in [-0.2, 0) is 4.79 Å². The number of fused-ring (bicyclic) bond motifs is 1. The van der Waals surface area contributed by atoms with Crippen LogP contribution < -0.4 is 15.0 Å². The van der Waals surface area contributed by atoms with Crippen LogP contribution in [0.5, 0.6) is 5.75 Å². The zero-order valence-electron chi connectivity index (χ0n) is 8.20. The molecule has 0 radical (unpaired) electrons. The first-order valence-electron chi connectivity index (χ1n) is 4.40. The Kier molecular flexibility index (Phi) is 2.04. The van der Waals surface area contributed by atoms with Crippen molar-refractivity contribution in [2.24, 2.45) is 0 Å². The number of nitrogens with zero attached hydrogens (tertiary/aromatic N) is 1. The molecule has 1 aliphatic heterocycles. The minimum atomic E-state index is -0.00972. The van der Waals surface area contributed by atoms with Crippen molar-refractivity contribution in [1.29, 1.82) is 0 Å². The summed E-state index contributed by atoms with van der Waals surface area (Å²) in [5, 5.41) is 2.80. The van der Waals surface area contributed by atoms with Gasteiger partial charge in [0.15, 0.2) is 0 Å². The molecule has 0 atom stereocenters. The number of likely N-dealkylation sites (N-methyl/N-ethyl adjacent to an activating group) is 1. The maximum Gasteiger partial charge on any atom is 0.244 e. The summed E-state index contributed by atoms with van der Waals surface area (Å²) in [7, 11) is 3.48. The summed E-state index contributed by atoms with van der Waals surface area (Å²) in [6.45, 7) is 0.389. The molecule has 1 amide bonds. The summed E-state index contributed by atoms with van der Waals surface area (Å²) >= 11 is 0. The molecule has 0 unspecified atom stereocenters. The third kappa shape index (κ3) is 1.28. The van der Waals surface area contributed by atoms with Crippen molar-refractivity contribution in [3.8, 4) is 5.75 Å². The standard InChI is InChI=1S/C10H12N2O2/c1-12-6-9(13)11-10-7(12)4-3-5-8(10)14-2/h3-5H,6H2,1-2H3,(H,11,13). The second-order valence-electron chi connectivity index (χ2n) is 3.26. The molecule has 1 aromatic carbocycles. The minimum absolute atomic E-state index is 0.00972. The highest BCUT2D eigenvalue weighted by Gasteiger charge is 2.21. The van der Waals surface area contributed by atoms with E-state index in [0.717, 1.165) is 11.4 Å². The zero-order valence-corrected chi connectivity index (χ0v) is 8.20. The highest BCUT2D eigenvalue weighted by molar-refractivity contribution is 6.02. The third-order valence-corrected chi connectivity index (χ3v) is 2.28. The fourth-order valence-electron chi connectivity index (χ4n) is 1.61. The van der Waals surface area contributed by atoms with E-state index >= 15 is 0 Å². The van der Waals surface area contributed by atoms with Crippen molar-refractivity contribution in [2.75, 3.05) is 30.9 Å². The van der Waals surface area contributed by atoms with Crippen LogP contribution in [-0.4, -0.2) is 26.6 Å². The lowest BCUT2D eigenvalue weighted by Gasteiger charge is -2.28. The Balaban J connectivity index is 2.52. The van der Waals surface area contributed by atoms with Crippen LogP contribution in [0.15, 0.2) is 18.2 Å². The average Bonchev–Trinajstić information content (AvgIpc) is 2.17. The third-order valence-electron chi connectivity index (χ3n) is 2.28. The summed E-state index contributed by atoms with van der Waals surface area (Å²) in [6.07, 6.45) is 0. The number of nitrogens with one attached hydrogen (secondary N) is 1. The van der Waals surface area contributed by atoms with E-state index in [9.17, 15) is 4.79 Å². The number of carbonyl (C=O) groups is 1. The maximum atomic E-state index is 11.3. The largest absolute Gasteiger partial charge is 0.494 e. The minimum Gasteiger partial charge on any atom is -0.494 e. The molecular weight excluding hydrogens is 180 g/mol. The van der Waals surface area contributed by atoms with E-state index < -0.39 is 0 Å². The molecule has 0 fully saturated rings. The van der Waals surface area contributed by atoms with Crippen molar-refractivity contribution < 1.29 is 9.53 Å². The smallest absolute Gasteiger partial charge is 0.244 e. The quantitative estimate of drug-likeness (QED) is 0.724. The number of methoxy groups -OCH3 is 1. The Morgan fingerprint density at radius 3 is 3.00 bits per heavy atom. The van der Waals surface area contributed by atoms with Gasteiger partial charge in [-0.1, -0.05) is 6.07 Å². The van der Waals surface area contributed by atoms with Crippen LogP contribution in [0.25, 0.3) is 0 Å². The lowest BCUT2D eigenvalue weighted by Crippen LogP contribution is -2.35. The van der Waals surface area contributed by atoms with E-state index in [0.29, 0.717) is 12.3 Å². The van der Waals surface area contributed by atoms with Crippen molar-refractivity contribution in [1.82, 2.24) is 0 Å². The predicted molar refractivity (Wildman–Crippen MR) is 54.9 cm³/mol. The molecule has 4 heteroatoms.